The van der Waals surface area contributed by atoms with Gasteiger partial charge in [-0.1, -0.05) is 6.07 Å². The standard InChI is InChI=1S/C23H27F3N4O3S/c24-23(25,26)15-3-1-2-14(6-15)22(33)29-11-21(32)30-18-9-27-8-17(18)13-4-5-19(31)16(7-13)20-10-28-12-34-20/h1-3,6,10,12-13,16-19,27,31H,4-5,7-9,11H2,(H,29,33)(H,30,32)/t13?,16?,17?,18-,19?/m0/s1. The summed E-state index contributed by atoms with van der Waals surface area (Å²) in [7, 11) is 0. The Kier molecular flexibility index (Phi) is 7.54. The van der Waals surface area contributed by atoms with Gasteiger partial charge < -0.3 is 21.1 Å². The Balaban J connectivity index is 1.31. The van der Waals surface area contributed by atoms with Crippen molar-refractivity contribution in [1.82, 2.24) is 20.9 Å². The van der Waals surface area contributed by atoms with Crippen molar-refractivity contribution in [1.29, 1.82) is 0 Å². The van der Waals surface area contributed by atoms with Crippen molar-refractivity contribution in [2.45, 2.75) is 43.5 Å². The molecule has 1 aromatic carbocycles. The van der Waals surface area contributed by atoms with Gasteiger partial charge in [0.1, 0.15) is 0 Å². The summed E-state index contributed by atoms with van der Waals surface area (Å²) in [6.45, 7) is 1.02. The van der Waals surface area contributed by atoms with Gasteiger partial charge in [0.25, 0.3) is 5.91 Å². The van der Waals surface area contributed by atoms with Gasteiger partial charge in [-0.25, -0.2) is 0 Å². The van der Waals surface area contributed by atoms with Gasteiger partial charge in [-0.3, -0.25) is 14.6 Å². The van der Waals surface area contributed by atoms with E-state index in [1.54, 1.807) is 11.7 Å². The van der Waals surface area contributed by atoms with Crippen LogP contribution in [-0.2, 0) is 11.0 Å². The second-order valence-corrected chi connectivity index (χ2v) is 9.83. The lowest BCUT2D eigenvalue weighted by atomic mass is 9.72. The molecule has 0 bridgehead atoms. The molecule has 34 heavy (non-hydrogen) atoms. The lowest BCUT2D eigenvalue weighted by Crippen LogP contribution is -2.47. The number of aliphatic hydroxyl groups excluding tert-OH is 1. The molecule has 11 heteroatoms. The normalized spacial score (nSPS) is 27.4. The average molecular weight is 497 g/mol. The van der Waals surface area contributed by atoms with E-state index < -0.39 is 29.7 Å². The van der Waals surface area contributed by atoms with E-state index in [9.17, 15) is 27.9 Å². The monoisotopic (exact) mass is 496 g/mol. The number of hydrogen-bond donors (Lipinski definition) is 4. The van der Waals surface area contributed by atoms with Gasteiger partial charge in [0, 0.05) is 41.7 Å². The maximum Gasteiger partial charge on any atom is 0.416 e. The molecule has 1 aliphatic carbocycles. The Labute approximate surface area is 199 Å². The highest BCUT2D eigenvalue weighted by molar-refractivity contribution is 7.09. The SMILES string of the molecule is O=C(CNC(=O)c1cccc(C(F)(F)F)c1)N[C@H]1CNCC1C1CCC(O)C(c2cncs2)C1. The van der Waals surface area contributed by atoms with Gasteiger partial charge in [0.2, 0.25) is 5.91 Å². The summed E-state index contributed by atoms with van der Waals surface area (Å²) in [5.41, 5.74) is 0.691. The lowest BCUT2D eigenvalue weighted by Gasteiger charge is -2.37. The van der Waals surface area contributed by atoms with Crippen LogP contribution in [-0.4, -0.2) is 53.7 Å². The van der Waals surface area contributed by atoms with Gasteiger partial charge in [-0.15, -0.1) is 11.3 Å². The van der Waals surface area contributed by atoms with E-state index in [-0.39, 0.29) is 30.0 Å². The van der Waals surface area contributed by atoms with Crippen LogP contribution >= 0.6 is 11.3 Å². The number of aliphatic hydroxyl groups is 1. The summed E-state index contributed by atoms with van der Waals surface area (Å²) in [6.07, 6.45) is -0.773. The van der Waals surface area contributed by atoms with E-state index in [1.807, 2.05) is 0 Å². The molecule has 2 aliphatic rings. The lowest BCUT2D eigenvalue weighted by molar-refractivity contribution is -0.137. The summed E-state index contributed by atoms with van der Waals surface area (Å²) < 4.78 is 38.6. The Morgan fingerprint density at radius 1 is 1.24 bits per heavy atom. The van der Waals surface area contributed by atoms with Crippen LogP contribution in [0, 0.1) is 11.8 Å². The van der Waals surface area contributed by atoms with Crippen LogP contribution in [0.2, 0.25) is 0 Å². The number of rotatable bonds is 6. The second kappa shape index (κ2) is 10.4. The van der Waals surface area contributed by atoms with Crippen LogP contribution in [0.3, 0.4) is 0 Å². The molecular weight excluding hydrogens is 469 g/mol. The number of amides is 2. The molecule has 5 atom stereocenters. The molecule has 1 saturated carbocycles. The van der Waals surface area contributed by atoms with Crippen LogP contribution < -0.4 is 16.0 Å². The molecule has 4 rings (SSSR count). The Hall–Kier alpha value is -2.50. The second-order valence-electron chi connectivity index (χ2n) is 8.91. The molecule has 7 nitrogen and oxygen atoms in total. The molecule has 1 saturated heterocycles. The third kappa shape index (κ3) is 5.76. The van der Waals surface area contributed by atoms with Crippen LogP contribution in [0.25, 0.3) is 0 Å². The number of carbonyl (C=O) groups is 2. The van der Waals surface area contributed by atoms with Crippen molar-refractivity contribution in [2.75, 3.05) is 19.6 Å². The summed E-state index contributed by atoms with van der Waals surface area (Å²) in [5.74, 6) is -0.596. The molecule has 2 amide bonds. The van der Waals surface area contributed by atoms with Gasteiger partial charge in [0.05, 0.1) is 23.7 Å². The Bertz CT molecular complexity index is 1000. The maximum atomic E-state index is 12.9. The summed E-state index contributed by atoms with van der Waals surface area (Å²) in [5, 5.41) is 19.2. The summed E-state index contributed by atoms with van der Waals surface area (Å²) >= 11 is 1.54. The zero-order valence-electron chi connectivity index (χ0n) is 18.3. The Morgan fingerprint density at radius 2 is 2.06 bits per heavy atom. The predicted octanol–water partition coefficient (Wildman–Crippen LogP) is 2.54. The Morgan fingerprint density at radius 3 is 2.79 bits per heavy atom. The van der Waals surface area contributed by atoms with Crippen molar-refractivity contribution in [3.05, 3.63) is 52.0 Å². The third-order valence-electron chi connectivity index (χ3n) is 6.75. The first kappa shape index (κ1) is 24.6. The topological polar surface area (TPSA) is 103 Å². The van der Waals surface area contributed by atoms with Crippen LogP contribution in [0.1, 0.15) is 46.0 Å². The third-order valence-corrected chi connectivity index (χ3v) is 7.65. The molecule has 0 spiro atoms. The number of carbonyl (C=O) groups excluding carboxylic acids is 2. The van der Waals surface area contributed by atoms with Crippen molar-refractivity contribution in [3.8, 4) is 0 Å². The molecule has 0 radical (unpaired) electrons. The van der Waals surface area contributed by atoms with Crippen LogP contribution in [0.15, 0.2) is 36.0 Å². The number of alkyl halides is 3. The number of halogens is 3. The smallest absolute Gasteiger partial charge is 0.392 e. The van der Waals surface area contributed by atoms with Crippen molar-refractivity contribution in [2.24, 2.45) is 11.8 Å². The van der Waals surface area contributed by atoms with Gasteiger partial charge in [0.15, 0.2) is 0 Å². The first-order valence-corrected chi connectivity index (χ1v) is 12.1. The fourth-order valence-electron chi connectivity index (χ4n) is 5.00. The zero-order valence-corrected chi connectivity index (χ0v) is 19.2. The molecular formula is C23H27F3N4O3S. The van der Waals surface area contributed by atoms with Crippen molar-refractivity contribution >= 4 is 23.2 Å². The van der Waals surface area contributed by atoms with Gasteiger partial charge >= 0.3 is 6.18 Å². The molecule has 1 aliphatic heterocycles. The van der Waals surface area contributed by atoms with Gasteiger partial charge in [-0.2, -0.15) is 13.2 Å². The van der Waals surface area contributed by atoms with Crippen molar-refractivity contribution in [3.63, 3.8) is 0 Å². The molecule has 4 N–H and O–H groups in total. The molecule has 184 valence electrons. The molecule has 4 unspecified atom stereocenters. The minimum atomic E-state index is -4.55. The van der Waals surface area contributed by atoms with Crippen LogP contribution in [0.5, 0.6) is 0 Å². The van der Waals surface area contributed by atoms with E-state index in [1.165, 1.54) is 17.4 Å². The minimum absolute atomic E-state index is 0.0370. The average Bonchev–Trinajstić information content (AvgIpc) is 3.50. The van der Waals surface area contributed by atoms with E-state index in [4.69, 9.17) is 0 Å². The van der Waals surface area contributed by atoms with Gasteiger partial charge in [-0.05, 0) is 49.3 Å². The fourth-order valence-corrected chi connectivity index (χ4v) is 5.79. The number of nitrogens with zero attached hydrogens (tertiary/aromatic N) is 1. The summed E-state index contributed by atoms with van der Waals surface area (Å²) in [4.78, 5) is 30.0. The van der Waals surface area contributed by atoms with E-state index >= 15 is 0 Å². The molecule has 2 fully saturated rings. The minimum Gasteiger partial charge on any atom is -0.392 e. The zero-order chi connectivity index (χ0) is 24.3. The van der Waals surface area contributed by atoms with E-state index in [0.717, 1.165) is 42.5 Å². The largest absolute Gasteiger partial charge is 0.416 e. The first-order valence-electron chi connectivity index (χ1n) is 11.2. The van der Waals surface area contributed by atoms with Crippen LogP contribution in [0.4, 0.5) is 13.2 Å². The highest BCUT2D eigenvalue weighted by Gasteiger charge is 2.40. The van der Waals surface area contributed by atoms with E-state index in [0.29, 0.717) is 18.9 Å². The highest BCUT2D eigenvalue weighted by Crippen LogP contribution is 2.42. The predicted molar refractivity (Wildman–Crippen MR) is 120 cm³/mol. The molecule has 1 aromatic heterocycles. The number of aromatic nitrogens is 1. The molecule has 2 heterocycles. The quantitative estimate of drug-likeness (QED) is 0.492. The van der Waals surface area contributed by atoms with E-state index in [2.05, 4.69) is 20.9 Å². The molecule has 2 aromatic rings. The number of hydrogen-bond acceptors (Lipinski definition) is 6. The first-order chi connectivity index (χ1) is 16.2. The number of nitrogens with one attached hydrogen (secondary N) is 3. The van der Waals surface area contributed by atoms with Crippen molar-refractivity contribution < 1.29 is 27.9 Å². The summed E-state index contributed by atoms with van der Waals surface area (Å²) in [6, 6.07) is 3.96. The highest BCUT2D eigenvalue weighted by atomic mass is 32.1. The number of benzene rings is 1. The fraction of sp³-hybridized carbons (Fsp3) is 0.522. The number of thiazole rings is 1. The maximum absolute atomic E-state index is 12.9.